The van der Waals surface area contributed by atoms with Crippen LogP contribution >= 0.6 is 0 Å². The summed E-state index contributed by atoms with van der Waals surface area (Å²) < 4.78 is 43.0. The van der Waals surface area contributed by atoms with Gasteiger partial charge in [0.25, 0.3) is 0 Å². The average molecular weight is 328 g/mol. The summed E-state index contributed by atoms with van der Waals surface area (Å²) >= 11 is 0. The minimum absolute atomic E-state index is 0.0740. The second-order valence-electron chi connectivity index (χ2n) is 5.31. The maximum atomic E-state index is 12.6. The van der Waals surface area contributed by atoms with Crippen LogP contribution in [0, 0.1) is 0 Å². The average Bonchev–Trinajstić information content (AvgIpc) is 3.02. The van der Waals surface area contributed by atoms with E-state index in [2.05, 4.69) is 30.4 Å². The predicted octanol–water partition coefficient (Wildman–Crippen LogP) is 1.95. The predicted molar refractivity (Wildman–Crippen MR) is 73.3 cm³/mol. The molecule has 0 atom stereocenters. The van der Waals surface area contributed by atoms with Gasteiger partial charge in [-0.3, -0.25) is 4.90 Å². The van der Waals surface area contributed by atoms with Crippen LogP contribution in [0.3, 0.4) is 0 Å². The van der Waals surface area contributed by atoms with Gasteiger partial charge in [-0.15, -0.1) is 10.2 Å². The Labute approximate surface area is 129 Å². The quantitative estimate of drug-likeness (QED) is 0.919. The number of aromatic nitrogens is 4. The van der Waals surface area contributed by atoms with Gasteiger partial charge in [0.05, 0.1) is 6.54 Å². The first-order chi connectivity index (χ1) is 11.0. The molecule has 23 heavy (non-hydrogen) atoms. The molecule has 0 amide bonds. The summed E-state index contributed by atoms with van der Waals surface area (Å²) in [6.07, 6.45) is -0.668. The van der Waals surface area contributed by atoms with Crippen LogP contribution in [0.25, 0.3) is 0 Å². The Kier molecular flexibility index (Phi) is 4.42. The molecule has 0 saturated carbocycles. The van der Waals surface area contributed by atoms with Crippen molar-refractivity contribution in [2.24, 2.45) is 0 Å². The van der Waals surface area contributed by atoms with Gasteiger partial charge in [0.2, 0.25) is 12.3 Å². The van der Waals surface area contributed by atoms with Crippen LogP contribution in [-0.4, -0.2) is 44.2 Å². The van der Waals surface area contributed by atoms with E-state index in [4.69, 9.17) is 4.42 Å². The van der Waals surface area contributed by atoms with E-state index in [0.29, 0.717) is 12.4 Å². The third-order valence-electron chi connectivity index (χ3n) is 3.66. The van der Waals surface area contributed by atoms with Crippen molar-refractivity contribution < 1.29 is 17.6 Å². The van der Waals surface area contributed by atoms with Gasteiger partial charge in [-0.2, -0.15) is 13.2 Å². The molecule has 0 spiro atoms. The minimum atomic E-state index is -4.47. The molecule has 1 saturated heterocycles. The molecule has 1 aliphatic rings. The lowest BCUT2D eigenvalue weighted by molar-refractivity contribution is -0.141. The number of likely N-dealkylation sites (tertiary alicyclic amines) is 1. The Hall–Kier alpha value is -2.23. The maximum absolute atomic E-state index is 12.6. The molecule has 7 nitrogen and oxygen atoms in total. The standard InChI is InChI=1S/C13H15F3N6O/c14-13(15,16)10-5-11(18-7-17-10)20-9-1-3-22(4-2-9)6-12-21-19-8-23-12/h5,7-9H,1-4,6H2,(H,17,18,20). The van der Waals surface area contributed by atoms with Crippen LogP contribution in [0.4, 0.5) is 19.0 Å². The Morgan fingerprint density at radius 1 is 1.26 bits per heavy atom. The van der Waals surface area contributed by atoms with Crippen molar-refractivity contribution in [3.8, 4) is 0 Å². The molecule has 0 aromatic carbocycles. The van der Waals surface area contributed by atoms with E-state index in [-0.39, 0.29) is 11.9 Å². The molecule has 1 N–H and O–H groups in total. The molecule has 124 valence electrons. The van der Waals surface area contributed by atoms with Gasteiger partial charge in [-0.25, -0.2) is 9.97 Å². The van der Waals surface area contributed by atoms with Gasteiger partial charge >= 0.3 is 6.18 Å². The molecule has 1 aliphatic heterocycles. The van der Waals surface area contributed by atoms with Crippen molar-refractivity contribution in [2.75, 3.05) is 18.4 Å². The highest BCUT2D eigenvalue weighted by Gasteiger charge is 2.33. The summed E-state index contributed by atoms with van der Waals surface area (Å²) in [6, 6.07) is 1.01. The first-order valence-corrected chi connectivity index (χ1v) is 7.14. The lowest BCUT2D eigenvalue weighted by Crippen LogP contribution is -2.38. The van der Waals surface area contributed by atoms with E-state index in [1.54, 1.807) is 0 Å². The fourth-order valence-electron chi connectivity index (χ4n) is 2.49. The number of nitrogens with one attached hydrogen (secondary N) is 1. The number of halogens is 3. The van der Waals surface area contributed by atoms with Crippen molar-refractivity contribution in [3.63, 3.8) is 0 Å². The summed E-state index contributed by atoms with van der Waals surface area (Å²) in [5.41, 5.74) is -0.941. The highest BCUT2D eigenvalue weighted by atomic mass is 19.4. The van der Waals surface area contributed by atoms with Gasteiger partial charge in [0.1, 0.15) is 17.8 Å². The Morgan fingerprint density at radius 2 is 2.04 bits per heavy atom. The summed E-state index contributed by atoms with van der Waals surface area (Å²) in [7, 11) is 0. The second kappa shape index (κ2) is 6.49. The Bertz CT molecular complexity index is 625. The van der Waals surface area contributed by atoms with Gasteiger partial charge in [-0.1, -0.05) is 0 Å². The fourth-order valence-corrected chi connectivity index (χ4v) is 2.49. The largest absolute Gasteiger partial charge is 0.433 e. The summed E-state index contributed by atoms with van der Waals surface area (Å²) in [4.78, 5) is 9.27. The van der Waals surface area contributed by atoms with Crippen molar-refractivity contribution in [1.29, 1.82) is 0 Å². The molecule has 0 aliphatic carbocycles. The third kappa shape index (κ3) is 4.15. The lowest BCUT2D eigenvalue weighted by atomic mass is 10.1. The number of piperidine rings is 1. The van der Waals surface area contributed by atoms with Crippen molar-refractivity contribution in [3.05, 3.63) is 30.4 Å². The fraction of sp³-hybridized carbons (Fsp3) is 0.538. The Balaban J connectivity index is 1.52. The van der Waals surface area contributed by atoms with Crippen molar-refractivity contribution >= 4 is 5.82 Å². The molecule has 0 bridgehead atoms. The molecule has 3 heterocycles. The number of alkyl halides is 3. The Morgan fingerprint density at radius 3 is 2.70 bits per heavy atom. The van der Waals surface area contributed by atoms with E-state index in [0.717, 1.165) is 38.3 Å². The number of anilines is 1. The van der Waals surface area contributed by atoms with E-state index in [1.165, 1.54) is 6.39 Å². The molecular formula is C13H15F3N6O. The topological polar surface area (TPSA) is 80.0 Å². The van der Waals surface area contributed by atoms with E-state index in [1.807, 2.05) is 0 Å². The number of hydrogen-bond acceptors (Lipinski definition) is 7. The molecule has 10 heteroatoms. The normalized spacial score (nSPS) is 17.3. The summed E-state index contributed by atoms with van der Waals surface area (Å²) in [5, 5.41) is 10.5. The first-order valence-electron chi connectivity index (χ1n) is 7.14. The molecule has 3 rings (SSSR count). The van der Waals surface area contributed by atoms with Crippen molar-refractivity contribution in [1.82, 2.24) is 25.1 Å². The third-order valence-corrected chi connectivity index (χ3v) is 3.66. The van der Waals surface area contributed by atoms with Crippen LogP contribution in [0.5, 0.6) is 0 Å². The molecule has 2 aromatic heterocycles. The van der Waals surface area contributed by atoms with Gasteiger partial charge in [0.15, 0.2) is 0 Å². The van der Waals surface area contributed by atoms with E-state index < -0.39 is 11.9 Å². The minimum Gasteiger partial charge on any atom is -0.427 e. The van der Waals surface area contributed by atoms with Crippen LogP contribution in [-0.2, 0) is 12.7 Å². The molecule has 0 radical (unpaired) electrons. The van der Waals surface area contributed by atoms with Crippen LogP contribution in [0.1, 0.15) is 24.4 Å². The van der Waals surface area contributed by atoms with E-state index in [9.17, 15) is 13.2 Å². The highest BCUT2D eigenvalue weighted by molar-refractivity contribution is 5.36. The smallest absolute Gasteiger partial charge is 0.427 e. The maximum Gasteiger partial charge on any atom is 0.433 e. The van der Waals surface area contributed by atoms with Gasteiger partial charge < -0.3 is 9.73 Å². The molecule has 2 aromatic rings. The van der Waals surface area contributed by atoms with Crippen LogP contribution < -0.4 is 5.32 Å². The van der Waals surface area contributed by atoms with E-state index >= 15 is 0 Å². The number of rotatable bonds is 4. The highest BCUT2D eigenvalue weighted by Crippen LogP contribution is 2.28. The van der Waals surface area contributed by atoms with Crippen molar-refractivity contribution in [2.45, 2.75) is 31.6 Å². The van der Waals surface area contributed by atoms with Gasteiger partial charge in [0, 0.05) is 25.2 Å². The van der Waals surface area contributed by atoms with Gasteiger partial charge in [-0.05, 0) is 12.8 Å². The zero-order valence-electron chi connectivity index (χ0n) is 12.1. The first kappa shape index (κ1) is 15.7. The molecule has 0 unspecified atom stereocenters. The van der Waals surface area contributed by atoms with Crippen LogP contribution in [0.2, 0.25) is 0 Å². The summed E-state index contributed by atoms with van der Waals surface area (Å²) in [5.74, 6) is 0.754. The van der Waals surface area contributed by atoms with Crippen LogP contribution in [0.15, 0.2) is 23.2 Å². The molecule has 1 fully saturated rings. The zero-order valence-corrected chi connectivity index (χ0v) is 12.1. The number of hydrogen-bond donors (Lipinski definition) is 1. The summed E-state index contributed by atoms with van der Waals surface area (Å²) in [6.45, 7) is 2.16. The number of nitrogens with zero attached hydrogens (tertiary/aromatic N) is 5. The monoisotopic (exact) mass is 328 g/mol. The second-order valence-corrected chi connectivity index (χ2v) is 5.31. The zero-order chi connectivity index (χ0) is 16.3. The molecular weight excluding hydrogens is 313 g/mol. The lowest BCUT2D eigenvalue weighted by Gasteiger charge is -2.31. The SMILES string of the molecule is FC(F)(F)c1cc(NC2CCN(Cc3nnco3)CC2)ncn1.